The second-order valence-corrected chi connectivity index (χ2v) is 6.92. The third-order valence-electron chi connectivity index (χ3n) is 4.87. The molecule has 3 unspecified atom stereocenters. The summed E-state index contributed by atoms with van der Waals surface area (Å²) in [6, 6.07) is 7.27. The molecule has 1 N–H and O–H groups in total. The second kappa shape index (κ2) is 4.52. The third kappa shape index (κ3) is 2.16. The van der Waals surface area contributed by atoms with Crippen molar-refractivity contribution in [1.82, 2.24) is 0 Å². The average Bonchev–Trinajstić information content (AvgIpc) is 2.35. The molecule has 1 aliphatic heterocycles. The van der Waals surface area contributed by atoms with E-state index >= 15 is 0 Å². The molecule has 1 heterocycles. The lowest BCUT2D eigenvalue weighted by molar-refractivity contribution is -0.177. The van der Waals surface area contributed by atoms with E-state index in [1.807, 2.05) is 0 Å². The van der Waals surface area contributed by atoms with Gasteiger partial charge in [-0.05, 0) is 49.9 Å². The first-order valence-electron chi connectivity index (χ1n) is 7.45. The molecule has 0 amide bonds. The molecular weight excluding hydrogens is 234 g/mol. The Hall–Kier alpha value is -1.02. The standard InChI is InChI=1S/C17H25NO/c1-11-8-12(2)10-13(9-11)18-15-14-6-5-7-19-16(14)17(15,3)4/h8-10,14-16,18H,5-7H2,1-4H3. The van der Waals surface area contributed by atoms with Gasteiger partial charge in [0.1, 0.15) is 0 Å². The van der Waals surface area contributed by atoms with Crippen LogP contribution in [0.3, 0.4) is 0 Å². The molecule has 1 saturated heterocycles. The van der Waals surface area contributed by atoms with Gasteiger partial charge in [0, 0.05) is 29.7 Å². The van der Waals surface area contributed by atoms with Gasteiger partial charge in [-0.1, -0.05) is 19.9 Å². The van der Waals surface area contributed by atoms with Gasteiger partial charge < -0.3 is 10.1 Å². The zero-order chi connectivity index (χ0) is 13.6. The minimum atomic E-state index is 0.239. The van der Waals surface area contributed by atoms with Crippen LogP contribution < -0.4 is 5.32 Å². The second-order valence-electron chi connectivity index (χ2n) is 6.92. The van der Waals surface area contributed by atoms with Gasteiger partial charge in [-0.3, -0.25) is 0 Å². The highest BCUT2D eigenvalue weighted by Crippen LogP contribution is 2.52. The molecule has 1 saturated carbocycles. The predicted octanol–water partition coefficient (Wildman–Crippen LogP) is 3.92. The Morgan fingerprint density at radius 2 is 1.84 bits per heavy atom. The minimum absolute atomic E-state index is 0.239. The van der Waals surface area contributed by atoms with Gasteiger partial charge in [-0.2, -0.15) is 0 Å². The number of rotatable bonds is 2. The molecule has 0 radical (unpaired) electrons. The number of hydrogen-bond donors (Lipinski definition) is 1. The molecule has 0 spiro atoms. The summed E-state index contributed by atoms with van der Waals surface area (Å²) < 4.78 is 5.97. The summed E-state index contributed by atoms with van der Waals surface area (Å²) in [6.07, 6.45) is 2.96. The molecule has 1 aromatic rings. The quantitative estimate of drug-likeness (QED) is 0.869. The van der Waals surface area contributed by atoms with Crippen molar-refractivity contribution in [2.45, 2.75) is 52.7 Å². The number of nitrogens with one attached hydrogen (secondary N) is 1. The SMILES string of the molecule is Cc1cc(C)cc(NC2C3CCCOC3C2(C)C)c1. The van der Waals surface area contributed by atoms with Crippen molar-refractivity contribution in [1.29, 1.82) is 0 Å². The molecule has 2 fully saturated rings. The van der Waals surface area contributed by atoms with Gasteiger partial charge in [0.2, 0.25) is 0 Å². The van der Waals surface area contributed by atoms with E-state index < -0.39 is 0 Å². The van der Waals surface area contributed by atoms with Crippen LogP contribution in [0.5, 0.6) is 0 Å². The summed E-state index contributed by atoms with van der Waals surface area (Å²) >= 11 is 0. The van der Waals surface area contributed by atoms with Crippen molar-refractivity contribution in [3.8, 4) is 0 Å². The maximum Gasteiger partial charge on any atom is 0.0693 e. The Kier molecular flexibility index (Phi) is 3.09. The van der Waals surface area contributed by atoms with Crippen molar-refractivity contribution in [2.24, 2.45) is 11.3 Å². The highest BCUT2D eigenvalue weighted by atomic mass is 16.5. The molecule has 3 rings (SSSR count). The summed E-state index contributed by atoms with van der Waals surface area (Å²) in [5.74, 6) is 0.685. The molecule has 104 valence electrons. The number of anilines is 1. The molecule has 2 aliphatic rings. The predicted molar refractivity (Wildman–Crippen MR) is 79.6 cm³/mol. The van der Waals surface area contributed by atoms with Crippen molar-refractivity contribution in [2.75, 3.05) is 11.9 Å². The first-order valence-corrected chi connectivity index (χ1v) is 7.45. The number of ether oxygens (including phenoxy) is 1. The van der Waals surface area contributed by atoms with Crippen LogP contribution in [-0.2, 0) is 4.74 Å². The van der Waals surface area contributed by atoms with E-state index in [-0.39, 0.29) is 5.41 Å². The summed E-state index contributed by atoms with van der Waals surface area (Å²) in [5.41, 5.74) is 4.16. The van der Waals surface area contributed by atoms with Crippen LogP contribution in [0.25, 0.3) is 0 Å². The van der Waals surface area contributed by atoms with Gasteiger partial charge in [-0.25, -0.2) is 0 Å². The van der Waals surface area contributed by atoms with E-state index in [1.165, 1.54) is 29.7 Å². The van der Waals surface area contributed by atoms with Crippen LogP contribution in [0.4, 0.5) is 5.69 Å². The zero-order valence-electron chi connectivity index (χ0n) is 12.5. The van der Waals surface area contributed by atoms with E-state index in [0.29, 0.717) is 18.1 Å². The van der Waals surface area contributed by atoms with E-state index in [9.17, 15) is 0 Å². The molecule has 19 heavy (non-hydrogen) atoms. The molecule has 0 bridgehead atoms. The van der Waals surface area contributed by atoms with Gasteiger partial charge in [0.05, 0.1) is 6.10 Å². The number of hydrogen-bond acceptors (Lipinski definition) is 2. The van der Waals surface area contributed by atoms with Crippen molar-refractivity contribution in [3.05, 3.63) is 29.3 Å². The Morgan fingerprint density at radius 1 is 1.16 bits per heavy atom. The number of benzene rings is 1. The van der Waals surface area contributed by atoms with Crippen molar-refractivity contribution < 1.29 is 4.74 Å². The van der Waals surface area contributed by atoms with Crippen LogP contribution in [0.1, 0.15) is 37.8 Å². The van der Waals surface area contributed by atoms with E-state index in [0.717, 1.165) is 6.61 Å². The molecular formula is C17H25NO. The highest BCUT2D eigenvalue weighted by Gasteiger charge is 2.57. The maximum atomic E-state index is 5.97. The fraction of sp³-hybridized carbons (Fsp3) is 0.647. The third-order valence-corrected chi connectivity index (χ3v) is 4.87. The number of aryl methyl sites for hydroxylation is 2. The van der Waals surface area contributed by atoms with Crippen LogP contribution in [0.2, 0.25) is 0 Å². The van der Waals surface area contributed by atoms with E-state index in [4.69, 9.17) is 4.74 Å². The summed E-state index contributed by atoms with van der Waals surface area (Å²) in [4.78, 5) is 0. The normalized spacial score (nSPS) is 32.3. The maximum absolute atomic E-state index is 5.97. The molecule has 2 heteroatoms. The largest absolute Gasteiger partial charge is 0.381 e. The van der Waals surface area contributed by atoms with Gasteiger partial charge >= 0.3 is 0 Å². The Bertz CT molecular complexity index is 460. The lowest BCUT2D eigenvalue weighted by Crippen LogP contribution is -2.67. The van der Waals surface area contributed by atoms with Crippen LogP contribution >= 0.6 is 0 Å². The molecule has 1 aromatic carbocycles. The lowest BCUT2D eigenvalue weighted by atomic mass is 9.55. The van der Waals surface area contributed by atoms with Crippen molar-refractivity contribution >= 4 is 5.69 Å². The van der Waals surface area contributed by atoms with E-state index in [2.05, 4.69) is 51.2 Å². The average molecular weight is 259 g/mol. The molecule has 1 aliphatic carbocycles. The fourth-order valence-corrected chi connectivity index (χ4v) is 4.05. The van der Waals surface area contributed by atoms with Crippen molar-refractivity contribution in [3.63, 3.8) is 0 Å². The van der Waals surface area contributed by atoms with Gasteiger partial charge in [0.15, 0.2) is 0 Å². The highest BCUT2D eigenvalue weighted by molar-refractivity contribution is 5.50. The molecule has 0 aromatic heterocycles. The van der Waals surface area contributed by atoms with Gasteiger partial charge in [-0.15, -0.1) is 0 Å². The van der Waals surface area contributed by atoms with Crippen LogP contribution in [0.15, 0.2) is 18.2 Å². The van der Waals surface area contributed by atoms with Crippen LogP contribution in [-0.4, -0.2) is 18.8 Å². The smallest absolute Gasteiger partial charge is 0.0693 e. The Morgan fingerprint density at radius 3 is 2.53 bits per heavy atom. The minimum Gasteiger partial charge on any atom is -0.381 e. The Labute approximate surface area is 116 Å². The van der Waals surface area contributed by atoms with E-state index in [1.54, 1.807) is 0 Å². The Balaban J connectivity index is 1.79. The van der Waals surface area contributed by atoms with Crippen LogP contribution in [0, 0.1) is 25.2 Å². The first-order chi connectivity index (χ1) is 8.98. The zero-order valence-corrected chi connectivity index (χ0v) is 12.5. The summed E-state index contributed by atoms with van der Waals surface area (Å²) in [6.45, 7) is 9.94. The fourth-order valence-electron chi connectivity index (χ4n) is 4.05. The molecule has 2 nitrogen and oxygen atoms in total. The lowest BCUT2D eigenvalue weighted by Gasteiger charge is -2.60. The topological polar surface area (TPSA) is 21.3 Å². The van der Waals surface area contributed by atoms with Gasteiger partial charge in [0.25, 0.3) is 0 Å². The monoisotopic (exact) mass is 259 g/mol. The molecule has 3 atom stereocenters. The number of fused-ring (bicyclic) bond motifs is 1. The summed E-state index contributed by atoms with van der Waals surface area (Å²) in [7, 11) is 0. The summed E-state index contributed by atoms with van der Waals surface area (Å²) in [5, 5.41) is 3.77. The first kappa shape index (κ1) is 13.0.